The molecule has 10 heteroatoms. The molecular formula is C27H46N6O4. The fraction of sp³-hybridized carbons (Fsp3) is 0.778. The summed E-state index contributed by atoms with van der Waals surface area (Å²) in [5.74, 6) is 1.40. The summed E-state index contributed by atoms with van der Waals surface area (Å²) in [4.78, 5) is 40.5. The summed E-state index contributed by atoms with van der Waals surface area (Å²) in [5, 5.41) is 6.78. The molecule has 208 valence electrons. The third kappa shape index (κ3) is 8.09. The molecule has 2 N–H and O–H groups in total. The molecule has 2 amide bonds. The van der Waals surface area contributed by atoms with Crippen molar-refractivity contribution in [1.82, 2.24) is 25.1 Å². The molecule has 2 aliphatic heterocycles. The molecule has 37 heavy (non-hydrogen) atoms. The third-order valence-corrected chi connectivity index (χ3v) is 6.77. The maximum atomic E-state index is 14.1. The molecule has 3 heterocycles. The average molecular weight is 519 g/mol. The SMILES string of the molecule is COCCCNc1nc(C(C)(C)C)ncc1C(=O)N(CC(C)C)C1CNCC(C(=O)N2CCOCC2)C1. The lowest BCUT2D eigenvalue weighted by Crippen LogP contribution is -2.56. The van der Waals surface area contributed by atoms with Crippen LogP contribution in [0.15, 0.2) is 6.20 Å². The fourth-order valence-electron chi connectivity index (χ4n) is 4.79. The zero-order chi connectivity index (χ0) is 27.0. The molecule has 3 rings (SSSR count). The molecule has 2 unspecified atom stereocenters. The van der Waals surface area contributed by atoms with Gasteiger partial charge in [0.15, 0.2) is 0 Å². The number of anilines is 1. The molecule has 0 aliphatic carbocycles. The van der Waals surface area contributed by atoms with E-state index in [1.165, 1.54) is 0 Å². The number of nitrogens with zero attached hydrogens (tertiary/aromatic N) is 4. The van der Waals surface area contributed by atoms with Gasteiger partial charge in [-0.3, -0.25) is 9.59 Å². The van der Waals surface area contributed by atoms with Gasteiger partial charge in [-0.2, -0.15) is 0 Å². The summed E-state index contributed by atoms with van der Waals surface area (Å²) >= 11 is 0. The molecule has 0 radical (unpaired) electrons. The molecule has 0 saturated carbocycles. The Balaban J connectivity index is 1.84. The van der Waals surface area contributed by atoms with E-state index in [2.05, 4.69) is 50.2 Å². The van der Waals surface area contributed by atoms with Gasteiger partial charge in [0.05, 0.1) is 19.1 Å². The Morgan fingerprint density at radius 1 is 1.27 bits per heavy atom. The number of ether oxygens (including phenoxy) is 2. The Kier molecular flexibility index (Phi) is 10.7. The van der Waals surface area contributed by atoms with Gasteiger partial charge in [0.2, 0.25) is 5.91 Å². The number of nitrogens with one attached hydrogen (secondary N) is 2. The van der Waals surface area contributed by atoms with Crippen molar-refractivity contribution in [1.29, 1.82) is 0 Å². The lowest BCUT2D eigenvalue weighted by Gasteiger charge is -2.40. The minimum absolute atomic E-state index is 0.0951. The van der Waals surface area contributed by atoms with Crippen molar-refractivity contribution >= 4 is 17.6 Å². The second-order valence-electron chi connectivity index (χ2n) is 11.5. The second kappa shape index (κ2) is 13.5. The third-order valence-electron chi connectivity index (χ3n) is 6.77. The van der Waals surface area contributed by atoms with Crippen LogP contribution < -0.4 is 10.6 Å². The van der Waals surface area contributed by atoms with E-state index < -0.39 is 0 Å². The summed E-state index contributed by atoms with van der Waals surface area (Å²) in [6.07, 6.45) is 3.10. The highest BCUT2D eigenvalue weighted by Gasteiger charge is 2.36. The van der Waals surface area contributed by atoms with Gasteiger partial charge in [-0.05, 0) is 18.8 Å². The van der Waals surface area contributed by atoms with Gasteiger partial charge in [0.25, 0.3) is 5.91 Å². The van der Waals surface area contributed by atoms with Crippen LogP contribution in [0.1, 0.15) is 63.6 Å². The van der Waals surface area contributed by atoms with E-state index in [-0.39, 0.29) is 35.1 Å². The van der Waals surface area contributed by atoms with Crippen LogP contribution in [0.25, 0.3) is 0 Å². The normalized spacial score (nSPS) is 20.7. The topological polar surface area (TPSA) is 109 Å². The number of hydrogen-bond acceptors (Lipinski definition) is 8. The molecule has 2 saturated heterocycles. The van der Waals surface area contributed by atoms with E-state index in [0.717, 1.165) is 6.42 Å². The second-order valence-corrected chi connectivity index (χ2v) is 11.5. The van der Waals surface area contributed by atoms with Gasteiger partial charge in [-0.1, -0.05) is 34.6 Å². The molecule has 2 aliphatic rings. The molecule has 1 aromatic rings. The Morgan fingerprint density at radius 3 is 2.65 bits per heavy atom. The average Bonchev–Trinajstić information content (AvgIpc) is 2.89. The van der Waals surface area contributed by atoms with Crippen LogP contribution in [-0.4, -0.2) is 104 Å². The number of aromatic nitrogens is 2. The van der Waals surface area contributed by atoms with E-state index in [9.17, 15) is 9.59 Å². The van der Waals surface area contributed by atoms with Crippen LogP contribution in [-0.2, 0) is 19.7 Å². The number of carbonyl (C=O) groups excluding carboxylic acids is 2. The lowest BCUT2D eigenvalue weighted by molar-refractivity contribution is -0.140. The standard InChI is InChI=1S/C27H46N6O4/c1-19(2)18-33(21-14-20(15-28-16-21)24(34)32-9-12-37-13-10-32)25(35)22-17-30-26(27(3,4)5)31-23(22)29-8-7-11-36-6/h17,19-21,28H,7-16,18H2,1-6H3,(H,29,30,31). The predicted octanol–water partition coefficient (Wildman–Crippen LogP) is 2.16. The first-order chi connectivity index (χ1) is 17.6. The van der Waals surface area contributed by atoms with Crippen molar-refractivity contribution in [2.75, 3.05) is 71.5 Å². The summed E-state index contributed by atoms with van der Waals surface area (Å²) in [7, 11) is 1.68. The quantitative estimate of drug-likeness (QED) is 0.454. The first kappa shape index (κ1) is 29.3. The summed E-state index contributed by atoms with van der Waals surface area (Å²) in [6.45, 7) is 16.0. The van der Waals surface area contributed by atoms with Crippen molar-refractivity contribution in [3.63, 3.8) is 0 Å². The van der Waals surface area contributed by atoms with Gasteiger partial charge in [-0.25, -0.2) is 9.97 Å². The summed E-state index contributed by atoms with van der Waals surface area (Å²) in [5.41, 5.74) is 0.218. The Labute approximate surface area is 221 Å². The predicted molar refractivity (Wildman–Crippen MR) is 144 cm³/mol. The number of piperidine rings is 1. The van der Waals surface area contributed by atoms with Crippen LogP contribution in [0.5, 0.6) is 0 Å². The maximum Gasteiger partial charge on any atom is 0.259 e. The Morgan fingerprint density at radius 2 is 2.00 bits per heavy atom. The molecular weight excluding hydrogens is 472 g/mol. The first-order valence-electron chi connectivity index (χ1n) is 13.6. The van der Waals surface area contributed by atoms with E-state index in [1.54, 1.807) is 13.3 Å². The molecule has 1 aromatic heterocycles. The number of amides is 2. The molecule has 0 bridgehead atoms. The Hall–Kier alpha value is -2.30. The number of rotatable bonds is 10. The zero-order valence-electron chi connectivity index (χ0n) is 23.5. The smallest absolute Gasteiger partial charge is 0.259 e. The maximum absolute atomic E-state index is 14.1. The summed E-state index contributed by atoms with van der Waals surface area (Å²) in [6, 6.07) is -0.0951. The van der Waals surface area contributed by atoms with Crippen molar-refractivity contribution in [2.45, 2.75) is 58.9 Å². The number of morpholine rings is 1. The highest BCUT2D eigenvalue weighted by atomic mass is 16.5. The van der Waals surface area contributed by atoms with Crippen LogP contribution in [0.2, 0.25) is 0 Å². The van der Waals surface area contributed by atoms with Crippen LogP contribution >= 0.6 is 0 Å². The molecule has 2 fully saturated rings. The minimum atomic E-state index is -0.247. The van der Waals surface area contributed by atoms with Crippen molar-refractivity contribution in [3.05, 3.63) is 17.6 Å². The van der Waals surface area contributed by atoms with E-state index in [0.29, 0.717) is 82.7 Å². The van der Waals surface area contributed by atoms with E-state index in [4.69, 9.17) is 14.5 Å². The van der Waals surface area contributed by atoms with Crippen LogP contribution in [0.3, 0.4) is 0 Å². The highest BCUT2D eigenvalue weighted by molar-refractivity contribution is 5.98. The van der Waals surface area contributed by atoms with Gasteiger partial charge in [0, 0.05) is 70.6 Å². The van der Waals surface area contributed by atoms with Crippen molar-refractivity contribution < 1.29 is 19.1 Å². The molecule has 0 spiro atoms. The monoisotopic (exact) mass is 518 g/mol. The van der Waals surface area contributed by atoms with Crippen LogP contribution in [0.4, 0.5) is 5.82 Å². The molecule has 2 atom stereocenters. The fourth-order valence-corrected chi connectivity index (χ4v) is 4.79. The largest absolute Gasteiger partial charge is 0.385 e. The highest BCUT2D eigenvalue weighted by Crippen LogP contribution is 2.26. The van der Waals surface area contributed by atoms with Gasteiger partial charge >= 0.3 is 0 Å². The van der Waals surface area contributed by atoms with E-state index >= 15 is 0 Å². The van der Waals surface area contributed by atoms with Gasteiger partial charge in [0.1, 0.15) is 17.2 Å². The lowest BCUT2D eigenvalue weighted by atomic mass is 9.92. The van der Waals surface area contributed by atoms with Gasteiger partial charge in [-0.15, -0.1) is 0 Å². The minimum Gasteiger partial charge on any atom is -0.385 e. The number of carbonyl (C=O) groups is 2. The van der Waals surface area contributed by atoms with Gasteiger partial charge < -0.3 is 29.9 Å². The first-order valence-corrected chi connectivity index (χ1v) is 13.6. The van der Waals surface area contributed by atoms with Crippen molar-refractivity contribution in [3.8, 4) is 0 Å². The zero-order valence-corrected chi connectivity index (χ0v) is 23.5. The molecule has 10 nitrogen and oxygen atoms in total. The van der Waals surface area contributed by atoms with E-state index in [1.807, 2.05) is 9.80 Å². The molecule has 0 aromatic carbocycles. The number of methoxy groups -OCH3 is 1. The van der Waals surface area contributed by atoms with Crippen molar-refractivity contribution in [2.24, 2.45) is 11.8 Å². The number of hydrogen-bond donors (Lipinski definition) is 2. The van der Waals surface area contributed by atoms with Crippen LogP contribution in [0, 0.1) is 11.8 Å². The summed E-state index contributed by atoms with van der Waals surface area (Å²) < 4.78 is 10.6. The Bertz CT molecular complexity index is 897.